The van der Waals surface area contributed by atoms with Gasteiger partial charge < -0.3 is 9.80 Å². The first-order valence-corrected chi connectivity index (χ1v) is 8.88. The van der Waals surface area contributed by atoms with Gasteiger partial charge in [-0.25, -0.2) is 0 Å². The lowest BCUT2D eigenvalue weighted by atomic mass is 9.89. The lowest BCUT2D eigenvalue weighted by molar-refractivity contribution is -0.904. The summed E-state index contributed by atoms with van der Waals surface area (Å²) >= 11 is 0. The van der Waals surface area contributed by atoms with Gasteiger partial charge in [-0.3, -0.25) is 0 Å². The summed E-state index contributed by atoms with van der Waals surface area (Å²) in [6.45, 7) is 11.0. The van der Waals surface area contributed by atoms with Gasteiger partial charge in [-0.1, -0.05) is 31.4 Å². The number of benzene rings is 1. The highest BCUT2D eigenvalue weighted by atomic mass is 15.3. The third-order valence-corrected chi connectivity index (χ3v) is 5.48. The highest BCUT2D eigenvalue weighted by molar-refractivity contribution is 5.55. The molecule has 2 aliphatic rings. The molecule has 1 saturated heterocycles. The van der Waals surface area contributed by atoms with Gasteiger partial charge in [0.25, 0.3) is 0 Å². The predicted molar refractivity (Wildman–Crippen MR) is 90.3 cm³/mol. The fraction of sp³-hybridized carbons (Fsp3) is 0.684. The fourth-order valence-electron chi connectivity index (χ4n) is 4.13. The summed E-state index contributed by atoms with van der Waals surface area (Å²) < 4.78 is 0. The number of hydrogen-bond acceptors (Lipinski definition) is 1. The van der Waals surface area contributed by atoms with Gasteiger partial charge in [-0.05, 0) is 43.9 Å². The van der Waals surface area contributed by atoms with Crippen molar-refractivity contribution < 1.29 is 4.90 Å². The van der Waals surface area contributed by atoms with E-state index in [1.54, 1.807) is 0 Å². The van der Waals surface area contributed by atoms with Crippen molar-refractivity contribution in [1.29, 1.82) is 0 Å². The Labute approximate surface area is 130 Å². The van der Waals surface area contributed by atoms with Gasteiger partial charge >= 0.3 is 0 Å². The molecule has 1 N–H and O–H groups in total. The zero-order valence-corrected chi connectivity index (χ0v) is 13.8. The van der Waals surface area contributed by atoms with Gasteiger partial charge in [0.1, 0.15) is 0 Å². The zero-order valence-electron chi connectivity index (χ0n) is 13.8. The third-order valence-electron chi connectivity index (χ3n) is 5.48. The van der Waals surface area contributed by atoms with Gasteiger partial charge in [0.15, 0.2) is 0 Å². The molecular weight excluding hydrogens is 256 g/mol. The molecule has 21 heavy (non-hydrogen) atoms. The summed E-state index contributed by atoms with van der Waals surface area (Å²) in [7, 11) is 0. The van der Waals surface area contributed by atoms with Gasteiger partial charge in [0.05, 0.1) is 32.7 Å². The smallest absolute Gasteiger partial charge is 0.0949 e. The summed E-state index contributed by atoms with van der Waals surface area (Å²) in [5.41, 5.74) is 4.27. The fourth-order valence-corrected chi connectivity index (χ4v) is 4.13. The van der Waals surface area contributed by atoms with Gasteiger partial charge in [0, 0.05) is 11.6 Å². The highest BCUT2D eigenvalue weighted by Crippen LogP contribution is 2.23. The van der Waals surface area contributed by atoms with E-state index in [4.69, 9.17) is 0 Å². The van der Waals surface area contributed by atoms with Gasteiger partial charge in [-0.2, -0.15) is 0 Å². The number of anilines is 1. The molecule has 116 valence electrons. The third kappa shape index (κ3) is 3.79. The molecule has 3 rings (SSSR count). The second-order valence-electron chi connectivity index (χ2n) is 7.24. The van der Waals surface area contributed by atoms with Crippen LogP contribution in [0, 0.1) is 19.8 Å². The number of rotatable bonds is 3. The molecule has 1 aromatic rings. The maximum atomic E-state index is 2.60. The van der Waals surface area contributed by atoms with Crippen molar-refractivity contribution in [2.75, 3.05) is 37.6 Å². The Morgan fingerprint density at radius 1 is 1.05 bits per heavy atom. The average Bonchev–Trinajstić information content (AvgIpc) is 2.52. The van der Waals surface area contributed by atoms with Crippen molar-refractivity contribution in [2.45, 2.75) is 46.0 Å². The molecule has 0 unspecified atom stereocenters. The average molecular weight is 287 g/mol. The van der Waals surface area contributed by atoms with E-state index in [1.807, 2.05) is 4.90 Å². The number of piperazine rings is 1. The minimum absolute atomic E-state index is 1.01. The maximum absolute atomic E-state index is 2.60. The summed E-state index contributed by atoms with van der Waals surface area (Å²) in [5, 5.41) is 0. The minimum Gasteiger partial charge on any atom is -0.360 e. The molecule has 0 amide bonds. The van der Waals surface area contributed by atoms with Crippen LogP contribution in [0.25, 0.3) is 0 Å². The van der Waals surface area contributed by atoms with Crippen molar-refractivity contribution in [3.8, 4) is 0 Å². The van der Waals surface area contributed by atoms with Crippen LogP contribution in [0.5, 0.6) is 0 Å². The molecule has 0 spiro atoms. The van der Waals surface area contributed by atoms with Crippen LogP contribution < -0.4 is 9.80 Å². The molecule has 0 atom stereocenters. The molecule has 0 aromatic heterocycles. The van der Waals surface area contributed by atoms with E-state index in [0.717, 1.165) is 5.92 Å². The maximum Gasteiger partial charge on any atom is 0.0949 e. The number of quaternary nitrogens is 1. The summed E-state index contributed by atoms with van der Waals surface area (Å²) in [6, 6.07) is 6.86. The van der Waals surface area contributed by atoms with E-state index in [0.29, 0.717) is 0 Å². The SMILES string of the molecule is Cc1ccc(C)c(N2CC[NH+](CC3CCCCC3)CC2)c1. The second kappa shape index (κ2) is 6.83. The van der Waals surface area contributed by atoms with Crippen LogP contribution >= 0.6 is 0 Å². The van der Waals surface area contributed by atoms with Crippen molar-refractivity contribution in [2.24, 2.45) is 5.92 Å². The van der Waals surface area contributed by atoms with E-state index in [9.17, 15) is 0 Å². The highest BCUT2D eigenvalue weighted by Gasteiger charge is 2.24. The van der Waals surface area contributed by atoms with Crippen molar-refractivity contribution in [3.63, 3.8) is 0 Å². The number of aryl methyl sites for hydroxylation is 2. The molecule has 0 radical (unpaired) electrons. The van der Waals surface area contributed by atoms with Crippen LogP contribution in [0.2, 0.25) is 0 Å². The Hall–Kier alpha value is -1.02. The molecular formula is C19H31N2+. The van der Waals surface area contributed by atoms with Crippen LogP contribution in [0.1, 0.15) is 43.2 Å². The van der Waals surface area contributed by atoms with Crippen LogP contribution in [-0.2, 0) is 0 Å². The van der Waals surface area contributed by atoms with Gasteiger partial charge in [-0.15, -0.1) is 0 Å². The molecule has 0 bridgehead atoms. The summed E-state index contributed by atoms with van der Waals surface area (Å²) in [5.74, 6) is 1.01. The van der Waals surface area contributed by atoms with Crippen LogP contribution in [0.4, 0.5) is 5.69 Å². The van der Waals surface area contributed by atoms with E-state index < -0.39 is 0 Å². The van der Waals surface area contributed by atoms with Gasteiger partial charge in [0.2, 0.25) is 0 Å². The molecule has 1 aromatic carbocycles. The lowest BCUT2D eigenvalue weighted by Gasteiger charge is -2.36. The monoisotopic (exact) mass is 287 g/mol. The molecule has 2 heteroatoms. The van der Waals surface area contributed by atoms with Crippen molar-refractivity contribution >= 4 is 5.69 Å². The van der Waals surface area contributed by atoms with Crippen LogP contribution in [0.15, 0.2) is 18.2 Å². The minimum atomic E-state index is 1.01. The standard InChI is InChI=1S/C19H30N2/c1-16-8-9-17(2)19(14-16)21-12-10-20(11-13-21)15-18-6-4-3-5-7-18/h8-9,14,18H,3-7,10-13,15H2,1-2H3/p+1. The molecule has 1 heterocycles. The largest absolute Gasteiger partial charge is 0.360 e. The zero-order chi connectivity index (χ0) is 14.7. The first-order valence-electron chi connectivity index (χ1n) is 8.88. The molecule has 2 nitrogen and oxygen atoms in total. The summed E-state index contributed by atoms with van der Waals surface area (Å²) in [6.07, 6.45) is 7.42. The number of hydrogen-bond donors (Lipinski definition) is 1. The van der Waals surface area contributed by atoms with E-state index >= 15 is 0 Å². The Balaban J connectivity index is 1.53. The van der Waals surface area contributed by atoms with E-state index in [2.05, 4.69) is 36.9 Å². The number of nitrogens with one attached hydrogen (secondary N) is 1. The lowest BCUT2D eigenvalue weighted by Crippen LogP contribution is -3.15. The summed E-state index contributed by atoms with van der Waals surface area (Å²) in [4.78, 5) is 4.45. The first kappa shape index (κ1) is 14.9. The van der Waals surface area contributed by atoms with E-state index in [1.165, 1.54) is 81.6 Å². The van der Waals surface area contributed by atoms with Crippen molar-refractivity contribution in [1.82, 2.24) is 0 Å². The molecule has 1 saturated carbocycles. The Morgan fingerprint density at radius 3 is 2.48 bits per heavy atom. The Morgan fingerprint density at radius 2 is 1.76 bits per heavy atom. The normalized spacial score (nSPS) is 21.7. The second-order valence-corrected chi connectivity index (χ2v) is 7.24. The van der Waals surface area contributed by atoms with Crippen LogP contribution in [-0.4, -0.2) is 32.7 Å². The number of nitrogens with zero attached hydrogens (tertiary/aromatic N) is 1. The molecule has 1 aliphatic heterocycles. The van der Waals surface area contributed by atoms with Crippen molar-refractivity contribution in [3.05, 3.63) is 29.3 Å². The van der Waals surface area contributed by atoms with E-state index in [-0.39, 0.29) is 0 Å². The molecule has 1 aliphatic carbocycles. The van der Waals surface area contributed by atoms with Crippen LogP contribution in [0.3, 0.4) is 0 Å². The Kier molecular flexibility index (Phi) is 4.84. The molecule has 2 fully saturated rings. The topological polar surface area (TPSA) is 7.68 Å². The first-order chi connectivity index (χ1) is 10.2. The Bertz CT molecular complexity index is 455. The predicted octanol–water partition coefficient (Wildman–Crippen LogP) is 2.59. The quantitative estimate of drug-likeness (QED) is 0.898.